The summed E-state index contributed by atoms with van der Waals surface area (Å²) in [5, 5.41) is 0. The van der Waals surface area contributed by atoms with Gasteiger partial charge in [0.25, 0.3) is 10.0 Å². The molecule has 0 fully saturated rings. The predicted molar refractivity (Wildman–Crippen MR) is 71.7 cm³/mol. The lowest BCUT2D eigenvalue weighted by Gasteiger charge is -2.10. The third-order valence-electron chi connectivity index (χ3n) is 2.56. The van der Waals surface area contributed by atoms with Gasteiger partial charge in [-0.3, -0.25) is 10.1 Å². The number of hydrogen-bond donors (Lipinski definition) is 3. The Labute approximate surface area is 119 Å². The smallest absolute Gasteiger partial charge is 0.265 e. The zero-order valence-corrected chi connectivity index (χ0v) is 11.6. The molecule has 1 heterocycles. The summed E-state index contributed by atoms with van der Waals surface area (Å²) < 4.78 is 53.0. The number of aromatic nitrogens is 2. The van der Waals surface area contributed by atoms with Crippen LogP contribution in [0, 0.1) is 18.6 Å². The molecule has 0 atom stereocenters. The molecule has 4 N–H and O–H groups in total. The number of aryl methyl sites for hydroxylation is 1. The molecule has 0 unspecified atom stereocenters. The van der Waals surface area contributed by atoms with E-state index in [9.17, 15) is 17.2 Å². The Hall–Kier alpha value is -2.33. The average Bonchev–Trinajstić information content (AvgIpc) is 2.44. The van der Waals surface area contributed by atoms with Crippen molar-refractivity contribution >= 4 is 21.7 Å². The lowest BCUT2D eigenvalue weighted by molar-refractivity contribution is 0.590. The maximum atomic E-state index is 13.6. The van der Waals surface area contributed by atoms with E-state index in [1.165, 1.54) is 6.92 Å². The van der Waals surface area contributed by atoms with Gasteiger partial charge in [-0.05, 0) is 18.6 Å². The van der Waals surface area contributed by atoms with Crippen molar-refractivity contribution in [3.8, 4) is 0 Å². The molecule has 0 aliphatic heterocycles. The third-order valence-corrected chi connectivity index (χ3v) is 3.88. The van der Waals surface area contributed by atoms with Crippen LogP contribution in [0.2, 0.25) is 0 Å². The topological polar surface area (TPSA) is 110 Å². The van der Waals surface area contributed by atoms with Crippen molar-refractivity contribution in [1.82, 2.24) is 9.97 Å². The molecule has 1 aromatic heterocycles. The van der Waals surface area contributed by atoms with Gasteiger partial charge < -0.3 is 0 Å². The second-order valence-electron chi connectivity index (χ2n) is 4.07. The summed E-state index contributed by atoms with van der Waals surface area (Å²) in [4.78, 5) is 6.93. The summed E-state index contributed by atoms with van der Waals surface area (Å²) in [6.45, 7) is 1.36. The van der Waals surface area contributed by atoms with Crippen LogP contribution in [0.5, 0.6) is 0 Å². The van der Waals surface area contributed by atoms with Crippen LogP contribution in [0.4, 0.5) is 20.4 Å². The summed E-state index contributed by atoms with van der Waals surface area (Å²) in [5.74, 6) is 3.45. The van der Waals surface area contributed by atoms with E-state index in [2.05, 4.69) is 15.4 Å². The maximum absolute atomic E-state index is 13.6. The SMILES string of the molecule is Cc1cc(F)c(NS(=O)(=O)c2cnc(NN)nc2)cc1F. The predicted octanol–water partition coefficient (Wildman–Crippen LogP) is 1.15. The quantitative estimate of drug-likeness (QED) is 0.577. The number of anilines is 2. The fourth-order valence-electron chi connectivity index (χ4n) is 1.46. The Balaban J connectivity index is 2.34. The van der Waals surface area contributed by atoms with Crippen molar-refractivity contribution in [2.24, 2.45) is 5.84 Å². The van der Waals surface area contributed by atoms with Gasteiger partial charge in [0.1, 0.15) is 16.5 Å². The van der Waals surface area contributed by atoms with Crippen molar-refractivity contribution in [1.29, 1.82) is 0 Å². The van der Waals surface area contributed by atoms with Gasteiger partial charge in [-0.25, -0.2) is 33.0 Å². The van der Waals surface area contributed by atoms with Gasteiger partial charge in [0.15, 0.2) is 0 Å². The fourth-order valence-corrected chi connectivity index (χ4v) is 2.40. The highest BCUT2D eigenvalue weighted by atomic mass is 32.2. The molecule has 21 heavy (non-hydrogen) atoms. The van der Waals surface area contributed by atoms with E-state index in [4.69, 9.17) is 5.84 Å². The number of nitrogen functional groups attached to an aromatic ring is 1. The normalized spacial score (nSPS) is 11.2. The van der Waals surface area contributed by atoms with Crippen molar-refractivity contribution in [3.05, 3.63) is 41.7 Å². The first-order valence-electron chi connectivity index (χ1n) is 5.60. The molecule has 2 rings (SSSR count). The molecular formula is C11H11F2N5O2S. The Morgan fingerprint density at radius 2 is 1.76 bits per heavy atom. The number of hydrogen-bond acceptors (Lipinski definition) is 6. The first-order chi connectivity index (χ1) is 9.83. The maximum Gasteiger partial charge on any atom is 0.265 e. The van der Waals surface area contributed by atoms with Gasteiger partial charge in [0.05, 0.1) is 18.1 Å². The molecule has 1 aromatic carbocycles. The molecule has 0 saturated carbocycles. The molecule has 10 heteroatoms. The number of halogens is 2. The van der Waals surface area contributed by atoms with Crippen molar-refractivity contribution in [2.75, 3.05) is 10.1 Å². The lowest BCUT2D eigenvalue weighted by Crippen LogP contribution is -2.16. The molecule has 0 radical (unpaired) electrons. The van der Waals surface area contributed by atoms with E-state index in [0.29, 0.717) is 0 Å². The van der Waals surface area contributed by atoms with Crippen LogP contribution in [0.3, 0.4) is 0 Å². The largest absolute Gasteiger partial charge is 0.292 e. The van der Waals surface area contributed by atoms with Crippen molar-refractivity contribution in [3.63, 3.8) is 0 Å². The molecule has 0 amide bonds. The summed E-state index contributed by atoms with van der Waals surface area (Å²) in [7, 11) is -4.14. The zero-order chi connectivity index (χ0) is 15.6. The number of nitrogens with zero attached hydrogens (tertiary/aromatic N) is 2. The summed E-state index contributed by atoms with van der Waals surface area (Å²) in [6.07, 6.45) is 1.96. The van der Waals surface area contributed by atoms with Crippen LogP contribution >= 0.6 is 0 Å². The summed E-state index contributed by atoms with van der Waals surface area (Å²) >= 11 is 0. The third kappa shape index (κ3) is 3.23. The molecule has 112 valence electrons. The second kappa shape index (κ2) is 5.58. The van der Waals surface area contributed by atoms with E-state index in [-0.39, 0.29) is 16.4 Å². The minimum absolute atomic E-state index is 0.0153. The molecule has 7 nitrogen and oxygen atoms in total. The minimum atomic E-state index is -4.14. The van der Waals surface area contributed by atoms with Gasteiger partial charge in [-0.2, -0.15) is 0 Å². The molecule has 0 aliphatic carbocycles. The number of hydrazine groups is 1. The molecular weight excluding hydrogens is 304 g/mol. The Kier molecular flexibility index (Phi) is 4.00. The standard InChI is InChI=1S/C11H11F2N5O2S/c1-6-2-9(13)10(3-8(6)12)18-21(19,20)7-4-15-11(17-14)16-5-7/h2-5,18H,14H2,1H3,(H,15,16,17). The monoisotopic (exact) mass is 315 g/mol. The van der Waals surface area contributed by atoms with Gasteiger partial charge in [0.2, 0.25) is 5.95 Å². The van der Waals surface area contributed by atoms with Crippen LogP contribution in [-0.4, -0.2) is 18.4 Å². The number of rotatable bonds is 4. The number of nitrogens with two attached hydrogens (primary N) is 1. The van der Waals surface area contributed by atoms with Crippen LogP contribution in [0.15, 0.2) is 29.4 Å². The molecule has 0 spiro atoms. The average molecular weight is 315 g/mol. The van der Waals surface area contributed by atoms with E-state index < -0.39 is 27.3 Å². The first kappa shape index (κ1) is 15.1. The van der Waals surface area contributed by atoms with Crippen LogP contribution in [0.25, 0.3) is 0 Å². The van der Waals surface area contributed by atoms with Crippen LogP contribution < -0.4 is 16.0 Å². The molecule has 0 saturated heterocycles. The zero-order valence-electron chi connectivity index (χ0n) is 10.8. The molecule has 0 aliphatic rings. The fraction of sp³-hybridized carbons (Fsp3) is 0.0909. The van der Waals surface area contributed by atoms with Crippen LogP contribution in [0.1, 0.15) is 5.56 Å². The Morgan fingerprint density at radius 1 is 1.14 bits per heavy atom. The van der Waals surface area contributed by atoms with Gasteiger partial charge in [-0.1, -0.05) is 0 Å². The highest BCUT2D eigenvalue weighted by molar-refractivity contribution is 7.92. The second-order valence-corrected chi connectivity index (χ2v) is 5.76. The number of sulfonamides is 1. The van der Waals surface area contributed by atoms with Crippen molar-refractivity contribution in [2.45, 2.75) is 11.8 Å². The highest BCUT2D eigenvalue weighted by Crippen LogP contribution is 2.22. The Bertz CT molecular complexity index is 765. The summed E-state index contributed by atoms with van der Waals surface area (Å²) in [5.41, 5.74) is 1.70. The van der Waals surface area contributed by atoms with E-state index in [1.54, 1.807) is 0 Å². The van der Waals surface area contributed by atoms with Gasteiger partial charge >= 0.3 is 0 Å². The van der Waals surface area contributed by atoms with Gasteiger partial charge in [-0.15, -0.1) is 0 Å². The highest BCUT2D eigenvalue weighted by Gasteiger charge is 2.18. The van der Waals surface area contributed by atoms with E-state index in [0.717, 1.165) is 24.5 Å². The van der Waals surface area contributed by atoms with Crippen LogP contribution in [-0.2, 0) is 10.0 Å². The van der Waals surface area contributed by atoms with E-state index in [1.807, 2.05) is 4.72 Å². The molecule has 0 bridgehead atoms. The number of nitrogens with one attached hydrogen (secondary N) is 2. The number of benzene rings is 1. The minimum Gasteiger partial charge on any atom is -0.292 e. The summed E-state index contributed by atoms with van der Waals surface area (Å²) in [6, 6.07) is 1.66. The first-order valence-corrected chi connectivity index (χ1v) is 7.09. The van der Waals surface area contributed by atoms with Gasteiger partial charge in [0, 0.05) is 6.07 Å². The van der Waals surface area contributed by atoms with Crippen molar-refractivity contribution < 1.29 is 17.2 Å². The lowest BCUT2D eigenvalue weighted by atomic mass is 10.2. The Morgan fingerprint density at radius 3 is 2.33 bits per heavy atom. The molecule has 2 aromatic rings. The van der Waals surface area contributed by atoms with E-state index >= 15 is 0 Å².